The largest absolute Gasteiger partial charge is 0.336 e. The first-order valence-electron chi connectivity index (χ1n) is 2.72. The zero-order valence-electron chi connectivity index (χ0n) is 4.92. The minimum Gasteiger partial charge on any atom is -0.336 e. The van der Waals surface area contributed by atoms with E-state index in [4.69, 9.17) is 0 Å². The number of hydrogen-bond acceptors (Lipinski definition) is 2. The molecule has 0 aliphatic heterocycles. The zero-order valence-corrected chi connectivity index (χ0v) is 4.92. The number of hydrogen-bond donors (Lipinski definition) is 1. The van der Waals surface area contributed by atoms with Gasteiger partial charge in [0, 0.05) is 25.5 Å². The molecule has 1 aromatic rings. The van der Waals surface area contributed by atoms with Gasteiger partial charge in [-0.05, 0) is 0 Å². The first kappa shape index (κ1) is 6.22. The van der Waals surface area contributed by atoms with Crippen molar-refractivity contribution in [3.63, 3.8) is 0 Å². The minimum atomic E-state index is 0.330. The molecule has 50 valence electrons. The summed E-state index contributed by atoms with van der Waals surface area (Å²) in [5.41, 5.74) is 1.56. The Bertz CT molecular complexity index is 149. The predicted octanol–water partition coefficient (Wildman–Crippen LogP) is 0.357. The van der Waals surface area contributed by atoms with E-state index in [1.54, 1.807) is 28.8 Å². The first-order chi connectivity index (χ1) is 4.43. The van der Waals surface area contributed by atoms with E-state index in [1.807, 2.05) is 0 Å². The Hall–Kier alpha value is -0.900. The highest BCUT2D eigenvalue weighted by atomic mass is 19.2. The lowest BCUT2D eigenvalue weighted by atomic mass is 10.6. The van der Waals surface area contributed by atoms with Crippen LogP contribution in [0.5, 0.6) is 0 Å². The molecule has 1 heterocycles. The number of aromatic nitrogens is 2. The van der Waals surface area contributed by atoms with E-state index in [9.17, 15) is 4.48 Å². The summed E-state index contributed by atoms with van der Waals surface area (Å²) in [6.45, 7) is 0.951. The van der Waals surface area contributed by atoms with Crippen molar-refractivity contribution in [1.82, 2.24) is 15.1 Å². The predicted molar refractivity (Wildman–Crippen MR) is 31.3 cm³/mol. The number of nitrogens with zero attached hydrogens (tertiary/aromatic N) is 2. The van der Waals surface area contributed by atoms with Crippen molar-refractivity contribution in [3.8, 4) is 0 Å². The monoisotopic (exact) mass is 129 g/mol. The van der Waals surface area contributed by atoms with Gasteiger partial charge in [0.15, 0.2) is 0 Å². The highest BCUT2D eigenvalue weighted by Gasteiger charge is 1.85. The van der Waals surface area contributed by atoms with E-state index in [-0.39, 0.29) is 0 Å². The van der Waals surface area contributed by atoms with Crippen LogP contribution in [0.15, 0.2) is 18.7 Å². The Morgan fingerprint density at radius 3 is 3.11 bits per heavy atom. The molecule has 1 N–H and O–H groups in total. The van der Waals surface area contributed by atoms with Crippen LogP contribution in [0.1, 0.15) is 0 Å². The second kappa shape index (κ2) is 3.19. The lowest BCUT2D eigenvalue weighted by Crippen LogP contribution is -2.09. The molecule has 0 saturated heterocycles. The van der Waals surface area contributed by atoms with Crippen LogP contribution < -0.4 is 5.54 Å². The molecule has 0 saturated carbocycles. The fourth-order valence-corrected chi connectivity index (χ4v) is 0.590. The molecule has 0 radical (unpaired) electrons. The lowest BCUT2D eigenvalue weighted by molar-refractivity contribution is 0.324. The molecule has 1 rings (SSSR count). The minimum absolute atomic E-state index is 0.330. The van der Waals surface area contributed by atoms with Gasteiger partial charge in [-0.2, -0.15) is 5.54 Å². The third kappa shape index (κ3) is 1.81. The van der Waals surface area contributed by atoms with Crippen molar-refractivity contribution >= 4 is 0 Å². The van der Waals surface area contributed by atoms with E-state index in [1.165, 1.54) is 0 Å². The molecular weight excluding hydrogens is 121 g/mol. The highest BCUT2D eigenvalue weighted by Crippen LogP contribution is 1.82. The topological polar surface area (TPSA) is 29.9 Å². The van der Waals surface area contributed by atoms with Gasteiger partial charge in [-0.1, -0.05) is 0 Å². The van der Waals surface area contributed by atoms with Gasteiger partial charge in [0.2, 0.25) is 0 Å². The van der Waals surface area contributed by atoms with Crippen LogP contribution in [0, 0.1) is 0 Å². The maximum atomic E-state index is 11.3. The summed E-state index contributed by atoms with van der Waals surface area (Å²) in [5.74, 6) is 0. The van der Waals surface area contributed by atoms with Crippen molar-refractivity contribution in [1.29, 1.82) is 0 Å². The summed E-state index contributed by atoms with van der Waals surface area (Å²) in [4.78, 5) is 3.79. The Morgan fingerprint density at radius 1 is 1.67 bits per heavy atom. The van der Waals surface area contributed by atoms with Crippen LogP contribution in [-0.2, 0) is 6.54 Å². The molecule has 0 aliphatic rings. The Labute approximate surface area is 52.5 Å². The van der Waals surface area contributed by atoms with Crippen LogP contribution in [0.4, 0.5) is 4.48 Å². The molecule has 9 heavy (non-hydrogen) atoms. The number of rotatable bonds is 3. The smallest absolute Gasteiger partial charge is 0.0946 e. The van der Waals surface area contributed by atoms with Crippen LogP contribution in [0.3, 0.4) is 0 Å². The van der Waals surface area contributed by atoms with Gasteiger partial charge < -0.3 is 4.57 Å². The van der Waals surface area contributed by atoms with Gasteiger partial charge in [0.1, 0.15) is 0 Å². The van der Waals surface area contributed by atoms with E-state index in [2.05, 4.69) is 4.98 Å². The van der Waals surface area contributed by atoms with Crippen LogP contribution in [0.25, 0.3) is 0 Å². The average Bonchev–Trinajstić information content (AvgIpc) is 2.34. The summed E-state index contributed by atoms with van der Waals surface area (Å²) >= 11 is 0. The van der Waals surface area contributed by atoms with Crippen LogP contribution in [-0.4, -0.2) is 16.1 Å². The van der Waals surface area contributed by atoms with Crippen LogP contribution >= 0.6 is 0 Å². The molecule has 0 bridgehead atoms. The normalized spacial score (nSPS) is 9.89. The molecule has 0 fully saturated rings. The van der Waals surface area contributed by atoms with Crippen molar-refractivity contribution < 1.29 is 4.48 Å². The maximum absolute atomic E-state index is 11.3. The second-order valence-corrected chi connectivity index (χ2v) is 1.68. The summed E-state index contributed by atoms with van der Waals surface area (Å²) < 4.78 is 13.1. The zero-order chi connectivity index (χ0) is 6.53. The van der Waals surface area contributed by atoms with Gasteiger partial charge in [-0.15, -0.1) is 4.48 Å². The molecule has 1 aromatic heterocycles. The summed E-state index contributed by atoms with van der Waals surface area (Å²) in [7, 11) is 0. The summed E-state index contributed by atoms with van der Waals surface area (Å²) in [6, 6.07) is 0. The molecule has 0 spiro atoms. The quantitative estimate of drug-likeness (QED) is 0.597. The van der Waals surface area contributed by atoms with E-state index in [0.29, 0.717) is 13.1 Å². The molecular formula is C5H8FN3. The van der Waals surface area contributed by atoms with E-state index in [0.717, 1.165) is 0 Å². The average molecular weight is 129 g/mol. The molecule has 0 atom stereocenters. The molecule has 0 unspecified atom stereocenters. The van der Waals surface area contributed by atoms with E-state index >= 15 is 0 Å². The van der Waals surface area contributed by atoms with Gasteiger partial charge in [0.05, 0.1) is 6.33 Å². The van der Waals surface area contributed by atoms with Crippen LogP contribution in [0.2, 0.25) is 0 Å². The molecule has 0 aliphatic carbocycles. The van der Waals surface area contributed by atoms with Gasteiger partial charge in [-0.3, -0.25) is 0 Å². The Morgan fingerprint density at radius 2 is 2.56 bits per heavy atom. The molecule has 3 nitrogen and oxygen atoms in total. The molecule has 0 aromatic carbocycles. The van der Waals surface area contributed by atoms with Crippen molar-refractivity contribution in [2.45, 2.75) is 6.54 Å². The fourth-order valence-electron chi connectivity index (χ4n) is 0.590. The van der Waals surface area contributed by atoms with Crippen molar-refractivity contribution in [2.75, 3.05) is 6.54 Å². The molecule has 4 heteroatoms. The number of imidazole rings is 1. The Balaban J connectivity index is 2.30. The number of nitrogens with one attached hydrogen (secondary N) is 1. The second-order valence-electron chi connectivity index (χ2n) is 1.68. The highest BCUT2D eigenvalue weighted by molar-refractivity contribution is 4.73. The van der Waals surface area contributed by atoms with Crippen molar-refractivity contribution in [2.24, 2.45) is 0 Å². The van der Waals surface area contributed by atoms with Gasteiger partial charge >= 0.3 is 0 Å². The first-order valence-corrected chi connectivity index (χ1v) is 2.72. The summed E-state index contributed by atoms with van der Waals surface area (Å²) in [5, 5.41) is 0. The summed E-state index contributed by atoms with van der Waals surface area (Å²) in [6.07, 6.45) is 5.10. The number of halogens is 1. The van der Waals surface area contributed by atoms with Gasteiger partial charge in [0.25, 0.3) is 0 Å². The van der Waals surface area contributed by atoms with Gasteiger partial charge in [-0.25, -0.2) is 4.98 Å². The molecule has 0 amide bonds. The third-order valence-electron chi connectivity index (χ3n) is 1.02. The SMILES string of the molecule is FNCCn1ccnc1. The lowest BCUT2D eigenvalue weighted by Gasteiger charge is -1.95. The standard InChI is InChI=1S/C5H8FN3/c6-8-2-4-9-3-1-7-5-9/h1,3,5,8H,2,4H2. The van der Waals surface area contributed by atoms with E-state index < -0.39 is 0 Å². The maximum Gasteiger partial charge on any atom is 0.0946 e. The third-order valence-corrected chi connectivity index (χ3v) is 1.02. The van der Waals surface area contributed by atoms with Crippen molar-refractivity contribution in [3.05, 3.63) is 18.7 Å². The fraction of sp³-hybridized carbons (Fsp3) is 0.400. The Kier molecular flexibility index (Phi) is 2.21.